The van der Waals surface area contributed by atoms with Crippen LogP contribution in [-0.2, 0) is 6.54 Å². The van der Waals surface area contributed by atoms with Gasteiger partial charge in [0.2, 0.25) is 0 Å². The molecule has 1 aromatic carbocycles. The summed E-state index contributed by atoms with van der Waals surface area (Å²) in [6.45, 7) is 0.550. The van der Waals surface area contributed by atoms with Gasteiger partial charge in [-0.15, -0.1) is 11.3 Å². The van der Waals surface area contributed by atoms with Crippen molar-refractivity contribution in [2.75, 3.05) is 5.32 Å². The second-order valence-electron chi connectivity index (χ2n) is 4.84. The summed E-state index contributed by atoms with van der Waals surface area (Å²) in [4.78, 5) is 21.0. The topological polar surface area (TPSA) is 59.3 Å². The maximum absolute atomic E-state index is 12.0. The van der Waals surface area contributed by atoms with Crippen molar-refractivity contribution in [3.8, 4) is 0 Å². The van der Waals surface area contributed by atoms with Crippen molar-refractivity contribution in [3.63, 3.8) is 0 Å². The highest BCUT2D eigenvalue weighted by Crippen LogP contribution is 2.21. The van der Waals surface area contributed by atoms with Gasteiger partial charge in [0.25, 0.3) is 5.56 Å². The Morgan fingerprint density at radius 2 is 1.95 bits per heavy atom. The molecule has 0 saturated heterocycles. The second kappa shape index (κ2) is 5.23. The minimum absolute atomic E-state index is 0.0996. The van der Waals surface area contributed by atoms with Crippen molar-refractivity contribution in [2.24, 2.45) is 0 Å². The summed E-state index contributed by atoms with van der Waals surface area (Å²) in [5, 5.41) is 4.15. The number of rotatable bonds is 3. The molecule has 4 rings (SSSR count). The van der Waals surface area contributed by atoms with Crippen LogP contribution in [-0.4, -0.2) is 14.4 Å². The molecule has 0 unspecified atom stereocenters. The molecule has 0 bridgehead atoms. The van der Waals surface area contributed by atoms with Crippen LogP contribution in [0.4, 0.5) is 5.82 Å². The van der Waals surface area contributed by atoms with Gasteiger partial charge in [-0.1, -0.05) is 18.2 Å². The largest absolute Gasteiger partial charge is 0.363 e. The van der Waals surface area contributed by atoms with E-state index >= 15 is 0 Å². The van der Waals surface area contributed by atoms with Crippen LogP contribution >= 0.6 is 11.3 Å². The first-order chi connectivity index (χ1) is 10.8. The number of fused-ring (bicyclic) bond motifs is 2. The molecule has 5 nitrogen and oxygen atoms in total. The fourth-order valence-corrected chi connectivity index (χ4v) is 3.21. The van der Waals surface area contributed by atoms with Gasteiger partial charge in [0, 0.05) is 12.3 Å². The van der Waals surface area contributed by atoms with Crippen LogP contribution in [0.5, 0.6) is 0 Å². The number of aromatic nitrogens is 3. The number of benzene rings is 1. The summed E-state index contributed by atoms with van der Waals surface area (Å²) in [5.74, 6) is 0.565. The Labute approximate surface area is 129 Å². The van der Waals surface area contributed by atoms with Crippen molar-refractivity contribution in [1.82, 2.24) is 14.4 Å². The maximum atomic E-state index is 12.0. The third-order valence-electron chi connectivity index (χ3n) is 3.33. The summed E-state index contributed by atoms with van der Waals surface area (Å²) in [7, 11) is 0. The van der Waals surface area contributed by atoms with Crippen molar-refractivity contribution in [3.05, 3.63) is 70.1 Å². The van der Waals surface area contributed by atoms with E-state index in [1.807, 2.05) is 36.4 Å². The fraction of sp³-hybridized carbons (Fsp3) is 0.0625. The number of thiazole rings is 1. The fourth-order valence-electron chi connectivity index (χ4n) is 2.31. The molecule has 0 atom stereocenters. The molecule has 0 saturated carbocycles. The summed E-state index contributed by atoms with van der Waals surface area (Å²) in [5.41, 5.74) is 1.52. The summed E-state index contributed by atoms with van der Waals surface area (Å²) >= 11 is 1.64. The Morgan fingerprint density at radius 3 is 2.86 bits per heavy atom. The van der Waals surface area contributed by atoms with E-state index in [-0.39, 0.29) is 5.56 Å². The number of hydrogen-bond donors (Lipinski definition) is 1. The van der Waals surface area contributed by atoms with Gasteiger partial charge < -0.3 is 5.32 Å². The molecule has 0 aliphatic rings. The molecule has 0 fully saturated rings. The zero-order valence-electron chi connectivity index (χ0n) is 11.6. The lowest BCUT2D eigenvalue weighted by atomic mass is 10.3. The quantitative estimate of drug-likeness (QED) is 0.632. The van der Waals surface area contributed by atoms with Gasteiger partial charge >= 0.3 is 0 Å². The van der Waals surface area contributed by atoms with E-state index in [2.05, 4.69) is 21.4 Å². The molecule has 6 heteroatoms. The molecule has 22 heavy (non-hydrogen) atoms. The molecule has 3 heterocycles. The molecule has 4 aromatic rings. The smallest absolute Gasteiger partial charge is 0.259 e. The van der Waals surface area contributed by atoms with E-state index in [1.165, 1.54) is 10.5 Å². The minimum atomic E-state index is -0.0996. The van der Waals surface area contributed by atoms with E-state index < -0.39 is 0 Å². The van der Waals surface area contributed by atoms with E-state index in [0.29, 0.717) is 18.0 Å². The Kier molecular flexibility index (Phi) is 3.08. The van der Waals surface area contributed by atoms with Crippen LogP contribution < -0.4 is 10.9 Å². The third-order valence-corrected chi connectivity index (χ3v) is 4.37. The zero-order valence-corrected chi connectivity index (χ0v) is 12.4. The van der Waals surface area contributed by atoms with Crippen molar-refractivity contribution < 1.29 is 0 Å². The van der Waals surface area contributed by atoms with Crippen molar-refractivity contribution in [1.29, 1.82) is 0 Å². The lowest BCUT2D eigenvalue weighted by molar-refractivity contribution is 1.02. The number of anilines is 1. The van der Waals surface area contributed by atoms with Crippen LogP contribution in [0.1, 0.15) is 5.01 Å². The van der Waals surface area contributed by atoms with Crippen LogP contribution in [0.2, 0.25) is 0 Å². The van der Waals surface area contributed by atoms with Crippen LogP contribution in [0, 0.1) is 0 Å². The van der Waals surface area contributed by atoms with E-state index in [4.69, 9.17) is 0 Å². The predicted molar refractivity (Wildman–Crippen MR) is 88.4 cm³/mol. The van der Waals surface area contributed by atoms with Gasteiger partial charge in [-0.2, -0.15) is 0 Å². The molecule has 1 N–H and O–H groups in total. The van der Waals surface area contributed by atoms with Gasteiger partial charge in [0.05, 0.1) is 16.8 Å². The Morgan fingerprint density at radius 1 is 1.09 bits per heavy atom. The second-order valence-corrected chi connectivity index (χ2v) is 5.95. The number of hydrogen-bond acceptors (Lipinski definition) is 5. The number of nitrogens with one attached hydrogen (secondary N) is 1. The highest BCUT2D eigenvalue weighted by atomic mass is 32.1. The van der Waals surface area contributed by atoms with Crippen molar-refractivity contribution >= 4 is 33.0 Å². The molecule has 0 amide bonds. The van der Waals surface area contributed by atoms with Gasteiger partial charge in [-0.25, -0.2) is 9.97 Å². The van der Waals surface area contributed by atoms with Crippen molar-refractivity contribution in [2.45, 2.75) is 6.54 Å². The van der Waals surface area contributed by atoms with Crippen LogP contribution in [0.15, 0.2) is 59.5 Å². The number of nitrogens with zero attached hydrogens (tertiary/aromatic N) is 3. The molecular weight excluding hydrogens is 296 g/mol. The highest BCUT2D eigenvalue weighted by molar-refractivity contribution is 7.18. The zero-order chi connectivity index (χ0) is 14.9. The summed E-state index contributed by atoms with van der Waals surface area (Å²) < 4.78 is 2.67. The Balaban J connectivity index is 1.62. The third kappa shape index (κ3) is 2.33. The SMILES string of the molecule is O=c1cc(NCc2nc3ccccc3s2)nc2ccccn12. The predicted octanol–water partition coefficient (Wildman–Crippen LogP) is 2.92. The average Bonchev–Trinajstić information content (AvgIpc) is 2.96. The molecule has 0 radical (unpaired) electrons. The van der Waals surface area contributed by atoms with Gasteiger partial charge in [-0.3, -0.25) is 9.20 Å². The Hall–Kier alpha value is -2.73. The van der Waals surface area contributed by atoms with E-state index in [1.54, 1.807) is 17.5 Å². The highest BCUT2D eigenvalue weighted by Gasteiger charge is 2.05. The molecule has 0 aliphatic carbocycles. The normalized spacial score (nSPS) is 11.1. The van der Waals surface area contributed by atoms with Gasteiger partial charge in [0.1, 0.15) is 16.5 Å². The first-order valence-electron chi connectivity index (χ1n) is 6.86. The minimum Gasteiger partial charge on any atom is -0.363 e. The van der Waals surface area contributed by atoms with Crippen LogP contribution in [0.3, 0.4) is 0 Å². The maximum Gasteiger partial charge on any atom is 0.259 e. The first-order valence-corrected chi connectivity index (χ1v) is 7.68. The lowest BCUT2D eigenvalue weighted by Crippen LogP contribution is -2.15. The Bertz CT molecular complexity index is 988. The number of pyridine rings is 1. The van der Waals surface area contributed by atoms with Gasteiger partial charge in [-0.05, 0) is 24.3 Å². The monoisotopic (exact) mass is 308 g/mol. The standard InChI is InChI=1S/C16H12N4OS/c21-16-9-13(19-14-7-3-4-8-20(14)16)17-10-15-18-11-5-1-2-6-12(11)22-15/h1-9,17H,10H2. The summed E-state index contributed by atoms with van der Waals surface area (Å²) in [6.07, 6.45) is 1.71. The summed E-state index contributed by atoms with van der Waals surface area (Å²) in [6, 6.07) is 15.0. The molecule has 3 aromatic heterocycles. The molecule has 108 valence electrons. The lowest BCUT2D eigenvalue weighted by Gasteiger charge is -2.05. The van der Waals surface area contributed by atoms with E-state index in [0.717, 1.165) is 15.2 Å². The molecular formula is C16H12N4OS. The average molecular weight is 308 g/mol. The number of para-hydroxylation sites is 1. The van der Waals surface area contributed by atoms with E-state index in [9.17, 15) is 4.79 Å². The molecule has 0 spiro atoms. The van der Waals surface area contributed by atoms with Crippen LogP contribution in [0.25, 0.3) is 15.9 Å². The first kappa shape index (κ1) is 13.0. The molecule has 0 aliphatic heterocycles. The van der Waals surface area contributed by atoms with Gasteiger partial charge in [0.15, 0.2) is 0 Å².